The Morgan fingerprint density at radius 2 is 2.18 bits per heavy atom. The zero-order chi connectivity index (χ0) is 12.4. The maximum absolute atomic E-state index is 6.09. The Morgan fingerprint density at radius 1 is 1.47 bits per heavy atom. The van der Waals surface area contributed by atoms with Gasteiger partial charge in [0.05, 0.1) is 4.34 Å². The zero-order valence-corrected chi connectivity index (χ0v) is 12.5. The average Bonchev–Trinajstić information content (AvgIpc) is 2.81. The normalized spacial score (nSPS) is 20.9. The first kappa shape index (κ1) is 13.4. The van der Waals surface area contributed by atoms with Crippen molar-refractivity contribution < 1.29 is 0 Å². The summed E-state index contributed by atoms with van der Waals surface area (Å²) < 4.78 is 0.941. The molecule has 0 amide bonds. The van der Waals surface area contributed by atoms with Gasteiger partial charge in [-0.3, -0.25) is 0 Å². The van der Waals surface area contributed by atoms with Crippen molar-refractivity contribution in [3.05, 3.63) is 20.8 Å². The summed E-state index contributed by atoms with van der Waals surface area (Å²) in [5, 5.41) is 3.80. The Bertz CT molecular complexity index is 370. The van der Waals surface area contributed by atoms with Crippen LogP contribution in [0.3, 0.4) is 0 Å². The van der Waals surface area contributed by atoms with Crippen molar-refractivity contribution >= 4 is 22.9 Å². The van der Waals surface area contributed by atoms with E-state index in [0.717, 1.165) is 10.3 Å². The molecule has 96 valence electrons. The van der Waals surface area contributed by atoms with Gasteiger partial charge in [-0.15, -0.1) is 11.3 Å². The van der Waals surface area contributed by atoms with Gasteiger partial charge >= 0.3 is 0 Å². The van der Waals surface area contributed by atoms with Crippen molar-refractivity contribution in [3.8, 4) is 0 Å². The number of aryl methyl sites for hydroxylation is 1. The van der Waals surface area contributed by atoms with Crippen molar-refractivity contribution in [1.82, 2.24) is 5.32 Å². The van der Waals surface area contributed by atoms with Gasteiger partial charge in [-0.1, -0.05) is 38.3 Å². The second kappa shape index (κ2) is 5.73. The summed E-state index contributed by atoms with van der Waals surface area (Å²) >= 11 is 7.84. The molecule has 0 aliphatic heterocycles. The van der Waals surface area contributed by atoms with E-state index in [4.69, 9.17) is 11.6 Å². The van der Waals surface area contributed by atoms with Gasteiger partial charge in [0.15, 0.2) is 0 Å². The van der Waals surface area contributed by atoms with Gasteiger partial charge in [-0.2, -0.15) is 0 Å². The van der Waals surface area contributed by atoms with Crippen LogP contribution >= 0.6 is 22.9 Å². The van der Waals surface area contributed by atoms with Crippen LogP contribution in [0.1, 0.15) is 56.5 Å². The van der Waals surface area contributed by atoms with E-state index in [1.165, 1.54) is 36.1 Å². The lowest BCUT2D eigenvalue weighted by Crippen LogP contribution is -2.35. The minimum atomic E-state index is 0.532. The lowest BCUT2D eigenvalue weighted by molar-refractivity contribution is 0.322. The fourth-order valence-corrected chi connectivity index (χ4v) is 4.31. The summed E-state index contributed by atoms with van der Waals surface area (Å²) in [6, 6.07) is 3.29. The van der Waals surface area contributed by atoms with E-state index < -0.39 is 0 Å². The van der Waals surface area contributed by atoms with Crippen molar-refractivity contribution in [2.24, 2.45) is 5.92 Å². The van der Waals surface area contributed by atoms with Crippen molar-refractivity contribution in [2.45, 2.75) is 58.5 Å². The zero-order valence-electron chi connectivity index (χ0n) is 10.9. The Labute approximate surface area is 114 Å². The maximum Gasteiger partial charge on any atom is 0.0934 e. The monoisotopic (exact) mass is 271 g/mol. The van der Waals surface area contributed by atoms with Gasteiger partial charge in [0.25, 0.3) is 0 Å². The van der Waals surface area contributed by atoms with Crippen LogP contribution < -0.4 is 5.32 Å². The topological polar surface area (TPSA) is 12.0 Å². The van der Waals surface area contributed by atoms with Crippen LogP contribution in [0.25, 0.3) is 0 Å². The van der Waals surface area contributed by atoms with Crippen LogP contribution in [0.15, 0.2) is 6.07 Å². The fourth-order valence-electron chi connectivity index (χ4n) is 2.95. The molecule has 0 fully saturated rings. The maximum atomic E-state index is 6.09. The fraction of sp³-hybridized carbons (Fsp3) is 0.714. The number of nitrogens with one attached hydrogen (secondary N) is 1. The van der Waals surface area contributed by atoms with Crippen molar-refractivity contribution in [1.29, 1.82) is 0 Å². The van der Waals surface area contributed by atoms with E-state index in [2.05, 4.69) is 32.2 Å². The highest BCUT2D eigenvalue weighted by atomic mass is 35.5. The molecule has 1 aromatic heterocycles. The van der Waals surface area contributed by atoms with Gasteiger partial charge in [0, 0.05) is 17.0 Å². The molecule has 0 spiro atoms. The highest BCUT2D eigenvalue weighted by molar-refractivity contribution is 7.16. The molecule has 2 unspecified atom stereocenters. The van der Waals surface area contributed by atoms with Gasteiger partial charge < -0.3 is 5.32 Å². The number of halogens is 1. The first-order valence-electron chi connectivity index (χ1n) is 6.69. The third-order valence-electron chi connectivity index (χ3n) is 4.07. The van der Waals surface area contributed by atoms with Crippen LogP contribution in [0.5, 0.6) is 0 Å². The van der Waals surface area contributed by atoms with E-state index in [0.29, 0.717) is 12.1 Å². The number of hydrogen-bond donors (Lipinski definition) is 1. The molecule has 1 nitrogen and oxygen atoms in total. The van der Waals surface area contributed by atoms with Crippen molar-refractivity contribution in [2.75, 3.05) is 0 Å². The molecule has 1 heterocycles. The smallest absolute Gasteiger partial charge is 0.0934 e. The third kappa shape index (κ3) is 2.86. The molecule has 1 N–H and O–H groups in total. The second-order valence-electron chi connectivity index (χ2n) is 5.05. The van der Waals surface area contributed by atoms with Crippen LogP contribution in [0, 0.1) is 5.92 Å². The summed E-state index contributed by atoms with van der Waals surface area (Å²) in [6.07, 6.45) is 4.95. The summed E-state index contributed by atoms with van der Waals surface area (Å²) in [4.78, 5) is 1.49. The van der Waals surface area contributed by atoms with Gasteiger partial charge in [0.2, 0.25) is 0 Å². The summed E-state index contributed by atoms with van der Waals surface area (Å²) in [6.45, 7) is 6.89. The molecule has 0 aromatic carbocycles. The molecular formula is C14H22ClNS. The van der Waals surface area contributed by atoms with Crippen LogP contribution in [-0.4, -0.2) is 6.04 Å². The van der Waals surface area contributed by atoms with E-state index >= 15 is 0 Å². The molecule has 0 saturated carbocycles. The molecule has 1 aromatic rings. The predicted molar refractivity (Wildman–Crippen MR) is 77.1 cm³/mol. The molecule has 3 heteroatoms. The quantitative estimate of drug-likeness (QED) is 0.811. The van der Waals surface area contributed by atoms with Crippen LogP contribution in [-0.2, 0) is 6.42 Å². The Balaban J connectivity index is 2.01. The molecule has 1 aliphatic rings. The molecule has 2 rings (SSSR count). The highest BCUT2D eigenvalue weighted by Crippen LogP contribution is 2.39. The SMILES string of the molecule is CCC(CC)C(C)NC1CCc2sc(Cl)cc21. The number of rotatable bonds is 5. The Morgan fingerprint density at radius 3 is 2.82 bits per heavy atom. The van der Waals surface area contributed by atoms with E-state index in [9.17, 15) is 0 Å². The van der Waals surface area contributed by atoms with Crippen LogP contribution in [0.4, 0.5) is 0 Å². The second-order valence-corrected chi connectivity index (χ2v) is 6.82. The number of fused-ring (bicyclic) bond motifs is 1. The number of hydrogen-bond acceptors (Lipinski definition) is 2. The molecular weight excluding hydrogens is 250 g/mol. The third-order valence-corrected chi connectivity index (χ3v) is 5.41. The van der Waals surface area contributed by atoms with Gasteiger partial charge in [-0.25, -0.2) is 0 Å². The first-order chi connectivity index (χ1) is 8.15. The summed E-state index contributed by atoms with van der Waals surface area (Å²) in [7, 11) is 0. The summed E-state index contributed by atoms with van der Waals surface area (Å²) in [5.41, 5.74) is 1.46. The minimum absolute atomic E-state index is 0.532. The lowest BCUT2D eigenvalue weighted by Gasteiger charge is -2.26. The Hall–Kier alpha value is -0.0500. The van der Waals surface area contributed by atoms with Gasteiger partial charge in [0.1, 0.15) is 0 Å². The molecule has 0 bridgehead atoms. The molecule has 2 atom stereocenters. The molecule has 17 heavy (non-hydrogen) atoms. The summed E-state index contributed by atoms with van der Waals surface area (Å²) in [5.74, 6) is 0.785. The highest BCUT2D eigenvalue weighted by Gasteiger charge is 2.27. The largest absolute Gasteiger partial charge is 0.307 e. The Kier molecular flexibility index (Phi) is 4.51. The van der Waals surface area contributed by atoms with Crippen LogP contribution in [0.2, 0.25) is 4.34 Å². The van der Waals surface area contributed by atoms with E-state index in [1.807, 2.05) is 0 Å². The molecule has 1 aliphatic carbocycles. The minimum Gasteiger partial charge on any atom is -0.307 e. The standard InChI is InChI=1S/C14H22ClNS/c1-4-10(5-2)9(3)16-12-6-7-13-11(12)8-14(15)17-13/h8-10,12,16H,4-7H2,1-3H3. The molecule has 0 saturated heterocycles. The predicted octanol–water partition coefficient (Wildman–Crippen LogP) is 4.80. The van der Waals surface area contributed by atoms with Gasteiger partial charge in [-0.05, 0) is 37.3 Å². The van der Waals surface area contributed by atoms with Crippen molar-refractivity contribution in [3.63, 3.8) is 0 Å². The average molecular weight is 272 g/mol. The first-order valence-corrected chi connectivity index (χ1v) is 7.89. The van der Waals surface area contributed by atoms with E-state index in [-0.39, 0.29) is 0 Å². The van der Waals surface area contributed by atoms with E-state index in [1.54, 1.807) is 11.3 Å². The lowest BCUT2D eigenvalue weighted by atomic mass is 9.94. The molecule has 0 radical (unpaired) electrons. The number of thiophene rings is 1.